The second-order valence-electron chi connectivity index (χ2n) is 7.19. The van der Waals surface area contributed by atoms with Crippen molar-refractivity contribution in [3.63, 3.8) is 0 Å². The molecule has 0 saturated carbocycles. The molecule has 0 radical (unpaired) electrons. The van der Waals surface area contributed by atoms with Crippen LogP contribution in [0.25, 0.3) is 11.4 Å². The van der Waals surface area contributed by atoms with Crippen molar-refractivity contribution in [2.45, 2.75) is 25.8 Å². The summed E-state index contributed by atoms with van der Waals surface area (Å²) in [7, 11) is 2.06. The highest BCUT2D eigenvalue weighted by atomic mass is 16.2. The number of aromatic nitrogens is 3. The van der Waals surface area contributed by atoms with Crippen LogP contribution in [-0.4, -0.2) is 57.3 Å². The van der Waals surface area contributed by atoms with E-state index in [-0.39, 0.29) is 17.4 Å². The third kappa shape index (κ3) is 3.26. The van der Waals surface area contributed by atoms with Gasteiger partial charge in [0.25, 0.3) is 5.56 Å². The quantitative estimate of drug-likeness (QED) is 0.873. The molecular weight excluding hydrogens is 330 g/mol. The molecule has 1 fully saturated rings. The standard InChI is InChI=1S/C19H23N5O2/c1-23-9-2-3-14(11-23)19(26)24-10-6-15-16(12-24)21-17(22-18(15)25)13-4-7-20-8-5-13/h4-5,7-8,14H,2-3,6,9-12H2,1H3,(H,21,22,25). The fourth-order valence-corrected chi connectivity index (χ4v) is 3.90. The van der Waals surface area contributed by atoms with Gasteiger partial charge >= 0.3 is 0 Å². The molecule has 2 aromatic rings. The van der Waals surface area contributed by atoms with Crippen molar-refractivity contribution in [1.82, 2.24) is 24.8 Å². The third-order valence-electron chi connectivity index (χ3n) is 5.31. The number of hydrogen-bond donors (Lipinski definition) is 1. The number of amides is 1. The minimum Gasteiger partial charge on any atom is -0.336 e. The molecule has 1 saturated heterocycles. The first kappa shape index (κ1) is 16.9. The molecule has 0 aromatic carbocycles. The van der Waals surface area contributed by atoms with Crippen molar-refractivity contribution in [2.24, 2.45) is 5.92 Å². The molecule has 2 aliphatic heterocycles. The SMILES string of the molecule is CN1CCCC(C(=O)N2CCc3c(nc(-c4ccncc4)[nH]c3=O)C2)C1. The van der Waals surface area contributed by atoms with Crippen molar-refractivity contribution in [3.05, 3.63) is 46.1 Å². The number of carbonyl (C=O) groups excluding carboxylic acids is 1. The van der Waals surface area contributed by atoms with E-state index < -0.39 is 0 Å². The average molecular weight is 353 g/mol. The van der Waals surface area contributed by atoms with Crippen LogP contribution in [0.4, 0.5) is 0 Å². The Kier molecular flexibility index (Phi) is 4.55. The maximum Gasteiger partial charge on any atom is 0.254 e. The number of likely N-dealkylation sites (tertiary alicyclic amines) is 1. The van der Waals surface area contributed by atoms with Gasteiger partial charge in [-0.25, -0.2) is 4.98 Å². The summed E-state index contributed by atoms with van der Waals surface area (Å²) in [5, 5.41) is 0. The normalized spacial score (nSPS) is 20.7. The predicted molar refractivity (Wildman–Crippen MR) is 97.4 cm³/mol. The summed E-state index contributed by atoms with van der Waals surface area (Å²) in [6, 6.07) is 3.63. The molecule has 7 heteroatoms. The largest absolute Gasteiger partial charge is 0.336 e. The first-order chi connectivity index (χ1) is 12.6. The maximum absolute atomic E-state index is 12.9. The van der Waals surface area contributed by atoms with Gasteiger partial charge in [0, 0.05) is 36.6 Å². The number of aromatic amines is 1. The minimum atomic E-state index is -0.105. The predicted octanol–water partition coefficient (Wildman–Crippen LogP) is 1.06. The summed E-state index contributed by atoms with van der Waals surface area (Å²) in [4.78, 5) is 41.0. The Balaban J connectivity index is 1.58. The van der Waals surface area contributed by atoms with Gasteiger partial charge in [-0.3, -0.25) is 14.6 Å². The van der Waals surface area contributed by atoms with Gasteiger partial charge in [0.2, 0.25) is 5.91 Å². The number of pyridine rings is 1. The van der Waals surface area contributed by atoms with E-state index in [0.717, 1.165) is 31.5 Å². The van der Waals surface area contributed by atoms with Crippen molar-refractivity contribution in [2.75, 3.05) is 26.7 Å². The number of nitrogens with one attached hydrogen (secondary N) is 1. The Morgan fingerprint density at radius 2 is 2.08 bits per heavy atom. The van der Waals surface area contributed by atoms with E-state index in [1.807, 2.05) is 17.0 Å². The van der Waals surface area contributed by atoms with Gasteiger partial charge in [-0.05, 0) is 45.0 Å². The molecule has 1 atom stereocenters. The van der Waals surface area contributed by atoms with Crippen molar-refractivity contribution < 1.29 is 4.79 Å². The van der Waals surface area contributed by atoms with E-state index >= 15 is 0 Å². The van der Waals surface area contributed by atoms with Crippen LogP contribution >= 0.6 is 0 Å². The highest BCUT2D eigenvalue weighted by Gasteiger charge is 2.31. The second kappa shape index (κ2) is 6.99. The third-order valence-corrected chi connectivity index (χ3v) is 5.31. The zero-order chi connectivity index (χ0) is 18.1. The molecule has 136 valence electrons. The van der Waals surface area contributed by atoms with Crippen LogP contribution in [0.3, 0.4) is 0 Å². The number of piperidine rings is 1. The summed E-state index contributed by atoms with van der Waals surface area (Å²) in [6.45, 7) is 2.87. The van der Waals surface area contributed by atoms with Crippen LogP contribution in [0.1, 0.15) is 24.1 Å². The lowest BCUT2D eigenvalue weighted by Gasteiger charge is -2.35. The van der Waals surface area contributed by atoms with Crippen molar-refractivity contribution >= 4 is 5.91 Å². The molecule has 7 nitrogen and oxygen atoms in total. The number of fused-ring (bicyclic) bond motifs is 1. The molecule has 4 heterocycles. The van der Waals surface area contributed by atoms with E-state index in [1.54, 1.807) is 12.4 Å². The summed E-state index contributed by atoms with van der Waals surface area (Å²) in [6.07, 6.45) is 5.90. The van der Waals surface area contributed by atoms with E-state index in [9.17, 15) is 9.59 Å². The molecular formula is C19H23N5O2. The fourth-order valence-electron chi connectivity index (χ4n) is 3.90. The minimum absolute atomic E-state index is 0.0527. The lowest BCUT2D eigenvalue weighted by Crippen LogP contribution is -2.46. The lowest BCUT2D eigenvalue weighted by molar-refractivity contribution is -0.138. The number of carbonyl (C=O) groups is 1. The summed E-state index contributed by atoms with van der Waals surface area (Å²) in [5.41, 5.74) is 2.13. The zero-order valence-electron chi connectivity index (χ0n) is 14.9. The van der Waals surface area contributed by atoms with Gasteiger partial charge in [0.05, 0.1) is 18.2 Å². The highest BCUT2D eigenvalue weighted by molar-refractivity contribution is 5.79. The van der Waals surface area contributed by atoms with E-state index in [4.69, 9.17) is 0 Å². The van der Waals surface area contributed by atoms with Gasteiger partial charge in [-0.2, -0.15) is 0 Å². The topological polar surface area (TPSA) is 82.2 Å². The summed E-state index contributed by atoms with van der Waals surface area (Å²) >= 11 is 0. The fraction of sp³-hybridized carbons (Fsp3) is 0.474. The zero-order valence-corrected chi connectivity index (χ0v) is 14.9. The Hall–Kier alpha value is -2.54. The Labute approximate surface area is 152 Å². The average Bonchev–Trinajstić information content (AvgIpc) is 2.67. The number of nitrogens with zero attached hydrogens (tertiary/aromatic N) is 4. The van der Waals surface area contributed by atoms with Crippen molar-refractivity contribution in [1.29, 1.82) is 0 Å². The molecule has 1 N–H and O–H groups in total. The maximum atomic E-state index is 12.9. The number of rotatable bonds is 2. The first-order valence-electron chi connectivity index (χ1n) is 9.11. The Morgan fingerprint density at radius 1 is 1.27 bits per heavy atom. The van der Waals surface area contributed by atoms with Crippen molar-refractivity contribution in [3.8, 4) is 11.4 Å². The number of hydrogen-bond acceptors (Lipinski definition) is 5. The summed E-state index contributed by atoms with van der Waals surface area (Å²) in [5.74, 6) is 0.773. The molecule has 1 unspecified atom stereocenters. The van der Waals surface area contributed by atoms with Crippen LogP contribution in [0, 0.1) is 5.92 Å². The first-order valence-corrected chi connectivity index (χ1v) is 9.11. The van der Waals surface area contributed by atoms with Crippen LogP contribution in [0.15, 0.2) is 29.3 Å². The van der Waals surface area contributed by atoms with E-state index in [2.05, 4.69) is 26.9 Å². The molecule has 0 spiro atoms. The second-order valence-corrected chi connectivity index (χ2v) is 7.19. The van der Waals surface area contributed by atoms with Crippen LogP contribution in [0.5, 0.6) is 0 Å². The van der Waals surface area contributed by atoms with Gasteiger partial charge in [0.1, 0.15) is 5.82 Å². The summed E-state index contributed by atoms with van der Waals surface area (Å²) < 4.78 is 0. The smallest absolute Gasteiger partial charge is 0.254 e. The molecule has 2 aromatic heterocycles. The van der Waals surface area contributed by atoms with Gasteiger partial charge in [-0.15, -0.1) is 0 Å². The number of H-pyrrole nitrogens is 1. The molecule has 0 bridgehead atoms. The highest BCUT2D eigenvalue weighted by Crippen LogP contribution is 2.23. The van der Waals surface area contributed by atoms with Crippen LogP contribution in [-0.2, 0) is 17.8 Å². The Morgan fingerprint density at radius 3 is 2.85 bits per heavy atom. The molecule has 26 heavy (non-hydrogen) atoms. The van der Waals surface area contributed by atoms with E-state index in [1.165, 1.54) is 0 Å². The molecule has 0 aliphatic carbocycles. The Bertz CT molecular complexity index is 864. The molecule has 2 aliphatic rings. The molecule has 1 amide bonds. The van der Waals surface area contributed by atoms with Gasteiger partial charge in [-0.1, -0.05) is 0 Å². The molecule has 4 rings (SSSR count). The van der Waals surface area contributed by atoms with Gasteiger partial charge < -0.3 is 14.8 Å². The van der Waals surface area contributed by atoms with Gasteiger partial charge in [0.15, 0.2) is 0 Å². The van der Waals surface area contributed by atoms with E-state index in [0.29, 0.717) is 36.6 Å². The van der Waals surface area contributed by atoms with Crippen LogP contribution in [0.2, 0.25) is 0 Å². The monoisotopic (exact) mass is 353 g/mol. The lowest BCUT2D eigenvalue weighted by atomic mass is 9.95. The van der Waals surface area contributed by atoms with Crippen LogP contribution < -0.4 is 5.56 Å².